The third-order valence-electron chi connectivity index (χ3n) is 5.02. The van der Waals surface area contributed by atoms with Gasteiger partial charge in [0.05, 0.1) is 25.4 Å². The van der Waals surface area contributed by atoms with E-state index in [0.29, 0.717) is 12.6 Å². The second-order valence-electron chi connectivity index (χ2n) is 6.77. The summed E-state index contributed by atoms with van der Waals surface area (Å²) in [7, 11) is 3.50. The van der Waals surface area contributed by atoms with Gasteiger partial charge in [-0.25, -0.2) is 0 Å². The molecule has 0 amide bonds. The van der Waals surface area contributed by atoms with E-state index in [4.69, 9.17) is 4.74 Å². The Kier molecular flexibility index (Phi) is 7.10. The van der Waals surface area contributed by atoms with Gasteiger partial charge in [0, 0.05) is 19.8 Å². The highest BCUT2D eigenvalue weighted by molar-refractivity contribution is 5.79. The number of rotatable bonds is 7. The highest BCUT2D eigenvalue weighted by Crippen LogP contribution is 2.25. The summed E-state index contributed by atoms with van der Waals surface area (Å²) in [5.74, 6) is 1.68. The molecule has 146 valence electrons. The molecular weight excluding hydrogens is 340 g/mol. The quantitative estimate of drug-likeness (QED) is 0.515. The van der Waals surface area contributed by atoms with E-state index in [1.807, 2.05) is 18.2 Å². The van der Waals surface area contributed by atoms with Gasteiger partial charge in [0.15, 0.2) is 5.96 Å². The topological polar surface area (TPSA) is 77.6 Å². The maximum absolute atomic E-state index is 5.31. The number of benzene rings is 1. The fourth-order valence-electron chi connectivity index (χ4n) is 3.49. The summed E-state index contributed by atoms with van der Waals surface area (Å²) < 4.78 is 5.31. The molecule has 7 nitrogen and oxygen atoms in total. The van der Waals surface area contributed by atoms with E-state index in [-0.39, 0.29) is 0 Å². The predicted molar refractivity (Wildman–Crippen MR) is 108 cm³/mol. The number of guanidine groups is 1. The van der Waals surface area contributed by atoms with E-state index in [1.165, 1.54) is 24.8 Å². The van der Waals surface area contributed by atoms with E-state index in [0.717, 1.165) is 37.0 Å². The van der Waals surface area contributed by atoms with Gasteiger partial charge in [-0.05, 0) is 49.7 Å². The van der Waals surface area contributed by atoms with E-state index in [1.54, 1.807) is 20.4 Å². The molecule has 1 aromatic heterocycles. The minimum absolute atomic E-state index is 0.307. The number of hydrogen-bond acceptors (Lipinski definition) is 4. The van der Waals surface area contributed by atoms with Crippen LogP contribution in [-0.4, -0.2) is 54.8 Å². The molecule has 3 N–H and O–H groups in total. The summed E-state index contributed by atoms with van der Waals surface area (Å²) in [6.45, 7) is 3.74. The van der Waals surface area contributed by atoms with Gasteiger partial charge in [-0.15, -0.1) is 0 Å². The van der Waals surface area contributed by atoms with Crippen molar-refractivity contribution in [1.82, 2.24) is 25.7 Å². The van der Waals surface area contributed by atoms with Crippen LogP contribution >= 0.6 is 0 Å². The van der Waals surface area contributed by atoms with Crippen molar-refractivity contribution in [3.05, 3.63) is 47.8 Å². The molecule has 1 saturated heterocycles. The largest absolute Gasteiger partial charge is 0.497 e. The highest BCUT2D eigenvalue weighted by atomic mass is 16.5. The molecule has 0 saturated carbocycles. The molecule has 27 heavy (non-hydrogen) atoms. The molecule has 0 spiro atoms. The maximum Gasteiger partial charge on any atom is 0.191 e. The number of hydrogen-bond donors (Lipinski definition) is 3. The third kappa shape index (κ3) is 5.47. The van der Waals surface area contributed by atoms with Crippen LogP contribution in [0.15, 0.2) is 41.5 Å². The van der Waals surface area contributed by atoms with Crippen molar-refractivity contribution in [2.45, 2.75) is 31.8 Å². The van der Waals surface area contributed by atoms with Crippen LogP contribution in [0.25, 0.3) is 0 Å². The summed E-state index contributed by atoms with van der Waals surface area (Å²) in [5, 5.41) is 13.7. The highest BCUT2D eigenvalue weighted by Gasteiger charge is 2.22. The normalized spacial score (nSPS) is 16.7. The van der Waals surface area contributed by atoms with Crippen molar-refractivity contribution >= 4 is 5.96 Å². The molecule has 2 heterocycles. The van der Waals surface area contributed by atoms with Crippen LogP contribution in [0, 0.1) is 0 Å². The number of methoxy groups -OCH3 is 1. The molecule has 1 aliphatic rings. The minimum atomic E-state index is 0.307. The summed E-state index contributed by atoms with van der Waals surface area (Å²) in [5.41, 5.74) is 2.33. The van der Waals surface area contributed by atoms with Crippen molar-refractivity contribution in [2.75, 3.05) is 33.8 Å². The first kappa shape index (κ1) is 19.2. The van der Waals surface area contributed by atoms with Gasteiger partial charge in [-0.1, -0.05) is 18.6 Å². The Hall–Kier alpha value is -2.54. The molecule has 2 aromatic rings. The summed E-state index contributed by atoms with van der Waals surface area (Å²) >= 11 is 0. The van der Waals surface area contributed by atoms with E-state index >= 15 is 0 Å². The molecule has 0 radical (unpaired) electrons. The number of likely N-dealkylation sites (tertiary alicyclic amines) is 1. The van der Waals surface area contributed by atoms with Crippen LogP contribution in [0.5, 0.6) is 5.75 Å². The molecule has 1 aliphatic heterocycles. The van der Waals surface area contributed by atoms with Gasteiger partial charge in [0.1, 0.15) is 5.75 Å². The zero-order chi connectivity index (χ0) is 18.9. The van der Waals surface area contributed by atoms with Crippen LogP contribution in [0.2, 0.25) is 0 Å². The molecule has 1 unspecified atom stereocenters. The van der Waals surface area contributed by atoms with Crippen LogP contribution in [0.1, 0.15) is 36.6 Å². The average molecular weight is 371 g/mol. The molecule has 1 atom stereocenters. The molecule has 7 heteroatoms. The second-order valence-corrected chi connectivity index (χ2v) is 6.77. The lowest BCUT2D eigenvalue weighted by molar-refractivity contribution is 0.164. The van der Waals surface area contributed by atoms with Gasteiger partial charge in [0.2, 0.25) is 0 Å². The number of aliphatic imine (C=N–C) groups is 1. The Labute approximate surface area is 161 Å². The Morgan fingerprint density at radius 2 is 1.96 bits per heavy atom. The van der Waals surface area contributed by atoms with Crippen molar-refractivity contribution < 1.29 is 4.74 Å². The Bertz CT molecular complexity index is 692. The summed E-state index contributed by atoms with van der Waals surface area (Å²) in [6, 6.07) is 10.7. The first-order valence-corrected chi connectivity index (χ1v) is 9.61. The zero-order valence-electron chi connectivity index (χ0n) is 16.2. The molecular formula is C20H30N6O. The lowest BCUT2D eigenvalue weighted by Gasteiger charge is -2.35. The van der Waals surface area contributed by atoms with Crippen LogP contribution in [0.3, 0.4) is 0 Å². The van der Waals surface area contributed by atoms with Crippen LogP contribution in [0.4, 0.5) is 0 Å². The fraction of sp³-hybridized carbons (Fsp3) is 0.500. The second kappa shape index (κ2) is 9.97. The monoisotopic (exact) mass is 370 g/mol. The Morgan fingerprint density at radius 3 is 2.59 bits per heavy atom. The zero-order valence-corrected chi connectivity index (χ0v) is 16.2. The molecule has 0 bridgehead atoms. The average Bonchev–Trinajstić information content (AvgIpc) is 3.25. The Morgan fingerprint density at radius 1 is 1.19 bits per heavy atom. The summed E-state index contributed by atoms with van der Waals surface area (Å²) in [4.78, 5) is 6.92. The number of piperidine rings is 1. The van der Waals surface area contributed by atoms with Gasteiger partial charge >= 0.3 is 0 Å². The minimum Gasteiger partial charge on any atom is -0.497 e. The first-order valence-electron chi connectivity index (χ1n) is 9.61. The van der Waals surface area contributed by atoms with Crippen LogP contribution < -0.4 is 15.4 Å². The standard InChI is InChI=1S/C20H30N6O/c1-21-20(22-14-17-10-11-24-25-17)23-15-19(26-12-4-3-5-13-26)16-6-8-18(27-2)9-7-16/h6-11,19H,3-5,12-15H2,1-2H3,(H,24,25)(H2,21,22,23). The number of nitrogens with one attached hydrogen (secondary N) is 3. The van der Waals surface area contributed by atoms with E-state index in [9.17, 15) is 0 Å². The van der Waals surface area contributed by atoms with Crippen molar-refractivity contribution in [1.29, 1.82) is 0 Å². The smallest absolute Gasteiger partial charge is 0.191 e. The molecule has 1 fully saturated rings. The SMILES string of the molecule is CN=C(NCc1ccn[nH]1)NCC(c1ccc(OC)cc1)N1CCCCC1. The predicted octanol–water partition coefficient (Wildman–Crippen LogP) is 2.31. The number of H-pyrrole nitrogens is 1. The molecule has 3 rings (SSSR count). The maximum atomic E-state index is 5.31. The van der Waals surface area contributed by atoms with Gasteiger partial charge in [0.25, 0.3) is 0 Å². The summed E-state index contributed by atoms with van der Waals surface area (Å²) in [6.07, 6.45) is 5.61. The fourth-order valence-corrected chi connectivity index (χ4v) is 3.49. The van der Waals surface area contributed by atoms with Crippen LogP contribution in [-0.2, 0) is 6.54 Å². The lowest BCUT2D eigenvalue weighted by atomic mass is 10.0. The van der Waals surface area contributed by atoms with Crippen molar-refractivity contribution in [2.24, 2.45) is 4.99 Å². The third-order valence-corrected chi connectivity index (χ3v) is 5.02. The van der Waals surface area contributed by atoms with Gasteiger partial charge in [-0.2, -0.15) is 5.10 Å². The van der Waals surface area contributed by atoms with Gasteiger partial charge in [-0.3, -0.25) is 15.0 Å². The van der Waals surface area contributed by atoms with Crippen molar-refractivity contribution in [3.63, 3.8) is 0 Å². The number of ether oxygens (including phenoxy) is 1. The van der Waals surface area contributed by atoms with E-state index in [2.05, 4.69) is 42.9 Å². The number of aromatic nitrogens is 2. The van der Waals surface area contributed by atoms with E-state index < -0.39 is 0 Å². The Balaban J connectivity index is 1.64. The number of aromatic amines is 1. The number of nitrogens with zero attached hydrogens (tertiary/aromatic N) is 3. The lowest BCUT2D eigenvalue weighted by Crippen LogP contribution is -2.44. The van der Waals surface area contributed by atoms with Crippen molar-refractivity contribution in [3.8, 4) is 5.75 Å². The first-order chi connectivity index (χ1) is 13.3. The molecule has 0 aliphatic carbocycles. The molecule has 1 aromatic carbocycles. The van der Waals surface area contributed by atoms with Gasteiger partial charge < -0.3 is 15.4 Å².